The molecule has 5 heteroatoms. The molecule has 1 amide bonds. The van der Waals surface area contributed by atoms with Crippen molar-refractivity contribution in [2.24, 2.45) is 11.7 Å². The van der Waals surface area contributed by atoms with Crippen LogP contribution in [0.5, 0.6) is 0 Å². The van der Waals surface area contributed by atoms with Crippen molar-refractivity contribution in [2.75, 3.05) is 13.1 Å². The summed E-state index contributed by atoms with van der Waals surface area (Å²) in [6, 6.07) is 6.24. The molecule has 1 saturated carbocycles. The summed E-state index contributed by atoms with van der Waals surface area (Å²) in [6.07, 6.45) is 2.38. The molecule has 1 aliphatic rings. The predicted molar refractivity (Wildman–Crippen MR) is 70.8 cm³/mol. The number of nitrogens with two attached hydrogens (primary N) is 1. The summed E-state index contributed by atoms with van der Waals surface area (Å²) in [4.78, 5) is 13.4. The monoisotopic (exact) mass is 272 g/mol. The molecule has 1 aromatic carbocycles. The van der Waals surface area contributed by atoms with E-state index in [2.05, 4.69) is 0 Å². The van der Waals surface area contributed by atoms with Crippen molar-refractivity contribution in [3.05, 3.63) is 35.6 Å². The molecule has 3 nitrogen and oxygen atoms in total. The van der Waals surface area contributed by atoms with Gasteiger partial charge < -0.3 is 10.6 Å². The summed E-state index contributed by atoms with van der Waals surface area (Å²) in [6.45, 7) is 1.33. The standard InChI is InChI=1S/C13H17FN2O.ClH/c14-12-5-3-11(4-6-12)9-16(13(17)7-15)8-10-1-2-10;/h3-6,10H,1-2,7-9,15H2;1H. The fourth-order valence-electron chi connectivity index (χ4n) is 1.81. The fraction of sp³-hybridized carbons (Fsp3) is 0.462. The van der Waals surface area contributed by atoms with Gasteiger partial charge in [0.1, 0.15) is 5.82 Å². The summed E-state index contributed by atoms with van der Waals surface area (Å²) in [7, 11) is 0. The van der Waals surface area contributed by atoms with Crippen LogP contribution in [0.2, 0.25) is 0 Å². The highest BCUT2D eigenvalue weighted by atomic mass is 35.5. The van der Waals surface area contributed by atoms with Crippen LogP contribution in [0.4, 0.5) is 4.39 Å². The van der Waals surface area contributed by atoms with E-state index in [4.69, 9.17) is 5.73 Å². The lowest BCUT2D eigenvalue weighted by molar-refractivity contribution is -0.130. The van der Waals surface area contributed by atoms with Gasteiger partial charge in [0, 0.05) is 13.1 Å². The molecule has 2 rings (SSSR count). The Kier molecular flexibility index (Phi) is 5.56. The van der Waals surface area contributed by atoms with Gasteiger partial charge in [0.15, 0.2) is 0 Å². The Hall–Kier alpha value is -1.13. The minimum absolute atomic E-state index is 0. The minimum atomic E-state index is -0.257. The van der Waals surface area contributed by atoms with Crippen molar-refractivity contribution in [3.8, 4) is 0 Å². The molecule has 1 fully saturated rings. The van der Waals surface area contributed by atoms with Crippen LogP contribution in [0.3, 0.4) is 0 Å². The Morgan fingerprint density at radius 3 is 2.44 bits per heavy atom. The van der Waals surface area contributed by atoms with Gasteiger partial charge in [0.2, 0.25) is 5.91 Å². The molecule has 0 heterocycles. The Morgan fingerprint density at radius 1 is 1.33 bits per heavy atom. The van der Waals surface area contributed by atoms with E-state index >= 15 is 0 Å². The number of benzene rings is 1. The van der Waals surface area contributed by atoms with Crippen molar-refractivity contribution < 1.29 is 9.18 Å². The topological polar surface area (TPSA) is 46.3 Å². The predicted octanol–water partition coefficient (Wildman–Crippen LogP) is 1.94. The van der Waals surface area contributed by atoms with E-state index < -0.39 is 0 Å². The van der Waals surface area contributed by atoms with Crippen LogP contribution >= 0.6 is 12.4 Å². The number of hydrogen-bond acceptors (Lipinski definition) is 2. The molecule has 2 N–H and O–H groups in total. The minimum Gasteiger partial charge on any atom is -0.337 e. The number of carbonyl (C=O) groups excluding carboxylic acids is 1. The number of rotatable bonds is 5. The summed E-state index contributed by atoms with van der Waals surface area (Å²) in [5.74, 6) is 0.333. The van der Waals surface area contributed by atoms with Gasteiger partial charge in [-0.3, -0.25) is 4.79 Å². The van der Waals surface area contributed by atoms with Crippen molar-refractivity contribution in [1.82, 2.24) is 4.90 Å². The maximum atomic E-state index is 12.8. The highest BCUT2D eigenvalue weighted by Gasteiger charge is 2.26. The number of amides is 1. The number of halogens is 2. The third-order valence-corrected chi connectivity index (χ3v) is 2.99. The van der Waals surface area contributed by atoms with Gasteiger partial charge in [0.05, 0.1) is 6.54 Å². The largest absolute Gasteiger partial charge is 0.337 e. The average molecular weight is 273 g/mol. The summed E-state index contributed by atoms with van der Waals surface area (Å²) in [5.41, 5.74) is 6.33. The van der Waals surface area contributed by atoms with Gasteiger partial charge >= 0.3 is 0 Å². The normalized spacial score (nSPS) is 13.9. The van der Waals surface area contributed by atoms with Crippen molar-refractivity contribution in [3.63, 3.8) is 0 Å². The highest BCUT2D eigenvalue weighted by Crippen LogP contribution is 2.30. The average Bonchev–Trinajstić information content (AvgIpc) is 3.14. The Labute approximate surface area is 113 Å². The zero-order chi connectivity index (χ0) is 12.3. The van der Waals surface area contributed by atoms with Gasteiger partial charge in [-0.05, 0) is 36.5 Å². The van der Waals surface area contributed by atoms with Crippen molar-refractivity contribution >= 4 is 18.3 Å². The second kappa shape index (κ2) is 6.71. The maximum absolute atomic E-state index is 12.8. The van der Waals surface area contributed by atoms with Crippen LogP contribution in [0.25, 0.3) is 0 Å². The molecule has 0 saturated heterocycles. The van der Waals surface area contributed by atoms with E-state index in [0.717, 1.165) is 12.1 Å². The Balaban J connectivity index is 0.00000162. The first-order valence-corrected chi connectivity index (χ1v) is 5.91. The third kappa shape index (κ3) is 4.27. The first-order valence-electron chi connectivity index (χ1n) is 5.91. The molecular weight excluding hydrogens is 255 g/mol. The first kappa shape index (κ1) is 14.9. The van der Waals surface area contributed by atoms with Crippen LogP contribution in [0.15, 0.2) is 24.3 Å². The van der Waals surface area contributed by atoms with Crippen LogP contribution in [-0.4, -0.2) is 23.9 Å². The quantitative estimate of drug-likeness (QED) is 0.890. The van der Waals surface area contributed by atoms with Gasteiger partial charge in [-0.25, -0.2) is 4.39 Å². The van der Waals surface area contributed by atoms with Crippen LogP contribution in [-0.2, 0) is 11.3 Å². The lowest BCUT2D eigenvalue weighted by Crippen LogP contribution is -2.36. The molecule has 0 aromatic heterocycles. The number of hydrogen-bond donors (Lipinski definition) is 1. The second-order valence-corrected chi connectivity index (χ2v) is 4.55. The van der Waals surface area contributed by atoms with Gasteiger partial charge in [0.25, 0.3) is 0 Å². The molecule has 100 valence electrons. The SMILES string of the molecule is Cl.NCC(=O)N(Cc1ccc(F)cc1)CC1CC1. The smallest absolute Gasteiger partial charge is 0.236 e. The van der Waals surface area contributed by atoms with Gasteiger partial charge in [-0.15, -0.1) is 12.4 Å². The molecule has 0 atom stereocenters. The Bertz CT molecular complexity index is 392. The molecular formula is C13H18ClFN2O. The van der Waals surface area contributed by atoms with Crippen LogP contribution < -0.4 is 5.73 Å². The molecule has 1 aliphatic carbocycles. The summed E-state index contributed by atoms with van der Waals surface area (Å²) in [5, 5.41) is 0. The molecule has 1 aromatic rings. The lowest BCUT2D eigenvalue weighted by atomic mass is 10.2. The van der Waals surface area contributed by atoms with E-state index in [-0.39, 0.29) is 30.7 Å². The van der Waals surface area contributed by atoms with Gasteiger partial charge in [-0.2, -0.15) is 0 Å². The number of nitrogens with zero attached hydrogens (tertiary/aromatic N) is 1. The second-order valence-electron chi connectivity index (χ2n) is 4.55. The van der Waals surface area contributed by atoms with Crippen molar-refractivity contribution in [2.45, 2.75) is 19.4 Å². The molecule has 18 heavy (non-hydrogen) atoms. The van der Waals surface area contributed by atoms with Crippen LogP contribution in [0, 0.1) is 11.7 Å². The van der Waals surface area contributed by atoms with E-state index in [1.807, 2.05) is 0 Å². The summed E-state index contributed by atoms with van der Waals surface area (Å²) < 4.78 is 12.8. The van der Waals surface area contributed by atoms with E-state index in [1.165, 1.54) is 25.0 Å². The lowest BCUT2D eigenvalue weighted by Gasteiger charge is -2.22. The van der Waals surface area contributed by atoms with Crippen LogP contribution in [0.1, 0.15) is 18.4 Å². The molecule has 0 aliphatic heterocycles. The molecule has 0 spiro atoms. The zero-order valence-electron chi connectivity index (χ0n) is 10.1. The summed E-state index contributed by atoms with van der Waals surface area (Å²) >= 11 is 0. The van der Waals surface area contributed by atoms with E-state index in [1.54, 1.807) is 17.0 Å². The highest BCUT2D eigenvalue weighted by molar-refractivity contribution is 5.85. The number of carbonyl (C=O) groups is 1. The van der Waals surface area contributed by atoms with E-state index in [0.29, 0.717) is 12.5 Å². The Morgan fingerprint density at radius 2 is 1.94 bits per heavy atom. The third-order valence-electron chi connectivity index (χ3n) is 2.99. The van der Waals surface area contributed by atoms with E-state index in [9.17, 15) is 9.18 Å². The molecule has 0 bridgehead atoms. The van der Waals surface area contributed by atoms with Crippen molar-refractivity contribution in [1.29, 1.82) is 0 Å². The maximum Gasteiger partial charge on any atom is 0.236 e. The molecule has 0 radical (unpaired) electrons. The fourth-order valence-corrected chi connectivity index (χ4v) is 1.81. The molecule has 0 unspecified atom stereocenters. The van der Waals surface area contributed by atoms with Gasteiger partial charge in [-0.1, -0.05) is 12.1 Å². The zero-order valence-corrected chi connectivity index (χ0v) is 11.0. The first-order chi connectivity index (χ1) is 8.19.